The van der Waals surface area contributed by atoms with E-state index in [2.05, 4.69) is 10.6 Å². The van der Waals surface area contributed by atoms with Crippen LogP contribution in [0.5, 0.6) is 0 Å². The molecule has 152 valence electrons. The Morgan fingerprint density at radius 1 is 0.833 bits per heavy atom. The molecule has 0 saturated carbocycles. The van der Waals surface area contributed by atoms with Crippen molar-refractivity contribution < 1.29 is 19.1 Å². The lowest BCUT2D eigenvalue weighted by molar-refractivity contribution is -0.153. The van der Waals surface area contributed by atoms with Crippen molar-refractivity contribution in [1.82, 2.24) is 5.32 Å². The van der Waals surface area contributed by atoms with Gasteiger partial charge in [-0.05, 0) is 31.2 Å². The predicted molar refractivity (Wildman–Crippen MR) is 114 cm³/mol. The summed E-state index contributed by atoms with van der Waals surface area (Å²) in [6.45, 7) is 1.60. The first-order valence-electron chi connectivity index (χ1n) is 9.48. The average Bonchev–Trinajstić information content (AvgIpc) is 2.78. The molecular weight excluding hydrogens is 380 g/mol. The van der Waals surface area contributed by atoms with Crippen LogP contribution in [-0.4, -0.2) is 24.3 Å². The van der Waals surface area contributed by atoms with Gasteiger partial charge in [-0.2, -0.15) is 0 Å². The van der Waals surface area contributed by atoms with Crippen LogP contribution in [0.25, 0.3) is 0 Å². The Bertz CT molecular complexity index is 1000. The Morgan fingerprint density at radius 2 is 1.43 bits per heavy atom. The Balaban J connectivity index is 1.66. The van der Waals surface area contributed by atoms with Crippen molar-refractivity contribution in [3.63, 3.8) is 0 Å². The van der Waals surface area contributed by atoms with E-state index in [4.69, 9.17) is 4.74 Å². The molecule has 3 aromatic carbocycles. The van der Waals surface area contributed by atoms with Crippen molar-refractivity contribution in [2.45, 2.75) is 13.0 Å². The quantitative estimate of drug-likeness (QED) is 0.591. The van der Waals surface area contributed by atoms with Crippen LogP contribution in [0.2, 0.25) is 0 Å². The molecule has 1 atom stereocenters. The molecule has 0 aromatic heterocycles. The zero-order valence-electron chi connectivity index (χ0n) is 16.5. The van der Waals surface area contributed by atoms with Crippen molar-refractivity contribution in [2.75, 3.05) is 11.9 Å². The van der Waals surface area contributed by atoms with Crippen molar-refractivity contribution in [3.8, 4) is 0 Å². The van der Waals surface area contributed by atoms with Gasteiger partial charge in [0.15, 0.2) is 0 Å². The summed E-state index contributed by atoms with van der Waals surface area (Å²) in [7, 11) is 0. The molecule has 6 heteroatoms. The lowest BCUT2D eigenvalue weighted by Crippen LogP contribution is -2.33. The van der Waals surface area contributed by atoms with Gasteiger partial charge in [0.25, 0.3) is 11.8 Å². The molecule has 3 rings (SSSR count). The number of nitrogens with one attached hydrogen (secondary N) is 2. The van der Waals surface area contributed by atoms with Crippen molar-refractivity contribution in [1.29, 1.82) is 0 Å². The van der Waals surface area contributed by atoms with E-state index in [9.17, 15) is 14.4 Å². The maximum atomic E-state index is 12.8. The molecule has 0 aliphatic carbocycles. The van der Waals surface area contributed by atoms with Gasteiger partial charge in [0.2, 0.25) is 6.10 Å². The predicted octanol–water partition coefficient (Wildman–Crippen LogP) is 3.65. The highest BCUT2D eigenvalue weighted by atomic mass is 16.5. The number of carbonyl (C=O) groups excluding carboxylic acids is 3. The molecule has 3 aromatic rings. The number of hydrogen-bond donors (Lipinski definition) is 2. The largest absolute Gasteiger partial charge is 0.446 e. The van der Waals surface area contributed by atoms with Crippen LogP contribution in [0.3, 0.4) is 0 Å². The summed E-state index contributed by atoms with van der Waals surface area (Å²) < 4.78 is 5.41. The van der Waals surface area contributed by atoms with Gasteiger partial charge in [-0.3, -0.25) is 14.4 Å². The number of amides is 2. The van der Waals surface area contributed by atoms with Crippen molar-refractivity contribution >= 4 is 23.5 Å². The Morgan fingerprint density at radius 3 is 2.07 bits per heavy atom. The Labute approximate surface area is 174 Å². The maximum Gasteiger partial charge on any atom is 0.326 e. The van der Waals surface area contributed by atoms with Crippen molar-refractivity contribution in [2.24, 2.45) is 0 Å². The molecule has 0 bridgehead atoms. The first-order valence-corrected chi connectivity index (χ1v) is 9.48. The van der Waals surface area contributed by atoms with E-state index in [-0.39, 0.29) is 6.54 Å². The number of rotatable bonds is 7. The van der Waals surface area contributed by atoms with E-state index in [0.717, 1.165) is 5.56 Å². The summed E-state index contributed by atoms with van der Waals surface area (Å²) in [5.41, 5.74) is 2.63. The number of ether oxygens (including phenoxy) is 1. The first kappa shape index (κ1) is 20.8. The first-order chi connectivity index (χ1) is 14.5. The summed E-state index contributed by atoms with van der Waals surface area (Å²) in [5.74, 6) is -1.59. The third-order valence-corrected chi connectivity index (χ3v) is 4.34. The third-order valence-electron chi connectivity index (χ3n) is 4.34. The van der Waals surface area contributed by atoms with Crippen LogP contribution >= 0.6 is 0 Å². The van der Waals surface area contributed by atoms with Gasteiger partial charge in [-0.1, -0.05) is 66.2 Å². The molecule has 2 N–H and O–H groups in total. The van der Waals surface area contributed by atoms with Gasteiger partial charge in [0.1, 0.15) is 6.54 Å². The van der Waals surface area contributed by atoms with Crippen LogP contribution < -0.4 is 10.6 Å². The molecule has 0 radical (unpaired) electrons. The normalized spacial score (nSPS) is 11.2. The maximum absolute atomic E-state index is 12.8. The SMILES string of the molecule is Cc1ccc(NC(=O)[C@H](OC(=O)CNC(=O)c2ccccc2)c2ccccc2)cc1. The minimum absolute atomic E-state index is 0.352. The Kier molecular flexibility index (Phi) is 6.95. The molecule has 0 spiro atoms. The fraction of sp³-hybridized carbons (Fsp3) is 0.125. The molecule has 2 amide bonds. The number of aryl methyl sites for hydroxylation is 1. The van der Waals surface area contributed by atoms with Gasteiger partial charge in [-0.25, -0.2) is 0 Å². The molecule has 0 fully saturated rings. The van der Waals surface area contributed by atoms with Gasteiger partial charge >= 0.3 is 5.97 Å². The van der Waals surface area contributed by atoms with E-state index in [1.54, 1.807) is 72.8 Å². The number of hydrogen-bond acceptors (Lipinski definition) is 4. The number of esters is 1. The van der Waals surface area contributed by atoms with Crippen molar-refractivity contribution in [3.05, 3.63) is 102 Å². The summed E-state index contributed by atoms with van der Waals surface area (Å²) in [5, 5.41) is 5.27. The fourth-order valence-corrected chi connectivity index (χ4v) is 2.76. The lowest BCUT2D eigenvalue weighted by atomic mass is 10.1. The highest BCUT2D eigenvalue weighted by Gasteiger charge is 2.25. The van der Waals surface area contributed by atoms with Gasteiger partial charge in [0, 0.05) is 16.8 Å². The topological polar surface area (TPSA) is 84.5 Å². The molecule has 0 unspecified atom stereocenters. The van der Waals surface area contributed by atoms with Gasteiger partial charge < -0.3 is 15.4 Å². The minimum Gasteiger partial charge on any atom is -0.446 e. The number of benzene rings is 3. The minimum atomic E-state index is -1.14. The van der Waals surface area contributed by atoms with E-state index in [1.165, 1.54) is 0 Å². The molecule has 0 saturated heterocycles. The second kappa shape index (κ2) is 10.0. The monoisotopic (exact) mass is 402 g/mol. The molecule has 0 aliphatic rings. The number of carbonyl (C=O) groups is 3. The van der Waals surface area contributed by atoms with E-state index in [0.29, 0.717) is 16.8 Å². The fourth-order valence-electron chi connectivity index (χ4n) is 2.76. The summed E-state index contributed by atoms with van der Waals surface area (Å²) in [6, 6.07) is 24.6. The number of anilines is 1. The molecule has 6 nitrogen and oxygen atoms in total. The second-order valence-corrected chi connectivity index (χ2v) is 6.68. The standard InChI is InChI=1S/C24H22N2O4/c1-17-12-14-20(15-13-17)26-24(29)22(18-8-4-2-5-9-18)30-21(27)16-25-23(28)19-10-6-3-7-11-19/h2-15,22H,16H2,1H3,(H,25,28)(H,26,29)/t22-/m1/s1. The van der Waals surface area contributed by atoms with Crippen LogP contribution in [0.1, 0.15) is 27.6 Å². The van der Waals surface area contributed by atoms with Gasteiger partial charge in [0.05, 0.1) is 0 Å². The smallest absolute Gasteiger partial charge is 0.326 e. The zero-order chi connectivity index (χ0) is 21.3. The summed E-state index contributed by atoms with van der Waals surface area (Å²) >= 11 is 0. The Hall–Kier alpha value is -3.93. The average molecular weight is 402 g/mol. The molecule has 0 heterocycles. The molecule has 0 aliphatic heterocycles. The third kappa shape index (κ3) is 5.78. The van der Waals surface area contributed by atoms with Crippen LogP contribution in [0.4, 0.5) is 5.69 Å². The summed E-state index contributed by atoms with van der Waals surface area (Å²) in [4.78, 5) is 37.3. The molecular formula is C24H22N2O4. The molecule has 30 heavy (non-hydrogen) atoms. The zero-order valence-corrected chi connectivity index (χ0v) is 16.5. The van der Waals surface area contributed by atoms with E-state index in [1.807, 2.05) is 19.1 Å². The van der Waals surface area contributed by atoms with Crippen LogP contribution in [0.15, 0.2) is 84.9 Å². The van der Waals surface area contributed by atoms with Crippen LogP contribution in [0, 0.1) is 6.92 Å². The highest BCUT2D eigenvalue weighted by Crippen LogP contribution is 2.20. The van der Waals surface area contributed by atoms with E-state index < -0.39 is 23.9 Å². The van der Waals surface area contributed by atoms with E-state index >= 15 is 0 Å². The second-order valence-electron chi connectivity index (χ2n) is 6.68. The lowest BCUT2D eigenvalue weighted by Gasteiger charge is -2.18. The highest BCUT2D eigenvalue weighted by molar-refractivity contribution is 5.97. The van der Waals surface area contributed by atoms with Gasteiger partial charge in [-0.15, -0.1) is 0 Å². The van der Waals surface area contributed by atoms with Crippen LogP contribution in [-0.2, 0) is 14.3 Å². The summed E-state index contributed by atoms with van der Waals surface area (Å²) in [6.07, 6.45) is -1.14.